The second-order valence-electron chi connectivity index (χ2n) is 1.80. The van der Waals surface area contributed by atoms with Gasteiger partial charge in [0.2, 0.25) is 5.69 Å². The van der Waals surface area contributed by atoms with Crippen LogP contribution < -0.4 is 0 Å². The smallest absolute Gasteiger partial charge is 0.233 e. The van der Waals surface area contributed by atoms with Gasteiger partial charge in [-0.25, -0.2) is 9.24 Å². The van der Waals surface area contributed by atoms with Gasteiger partial charge in [0.05, 0.1) is 11.6 Å². The van der Waals surface area contributed by atoms with Gasteiger partial charge in [0, 0.05) is 4.47 Å². The maximum Gasteiger partial charge on any atom is 0.241 e. The molecular formula is C7H2BrClFN. The number of halogens is 3. The van der Waals surface area contributed by atoms with Crippen molar-refractivity contribution < 1.29 is 4.39 Å². The normalized spacial score (nSPS) is 9.27. The summed E-state index contributed by atoms with van der Waals surface area (Å²) in [5.74, 6) is -0.590. The fourth-order valence-electron chi connectivity index (χ4n) is 0.619. The predicted molar refractivity (Wildman–Crippen MR) is 45.4 cm³/mol. The van der Waals surface area contributed by atoms with E-state index in [4.69, 9.17) is 18.2 Å². The zero-order valence-electron chi connectivity index (χ0n) is 5.24. The van der Waals surface area contributed by atoms with Crippen molar-refractivity contribution in [1.29, 1.82) is 0 Å². The molecule has 0 aliphatic rings. The van der Waals surface area contributed by atoms with Crippen LogP contribution >= 0.6 is 27.5 Å². The third-order valence-corrected chi connectivity index (χ3v) is 2.40. The Morgan fingerprint density at radius 3 is 2.64 bits per heavy atom. The molecule has 0 unspecified atom stereocenters. The van der Waals surface area contributed by atoms with Gasteiger partial charge in [-0.2, -0.15) is 0 Å². The summed E-state index contributed by atoms with van der Waals surface area (Å²) in [5, 5.41) is 0.125. The maximum atomic E-state index is 12.7. The van der Waals surface area contributed by atoms with Crippen LogP contribution in [0.3, 0.4) is 0 Å². The molecule has 0 bridgehead atoms. The number of hydrogen-bond acceptors (Lipinski definition) is 0. The summed E-state index contributed by atoms with van der Waals surface area (Å²) in [7, 11) is 0. The van der Waals surface area contributed by atoms with Crippen LogP contribution in [0.15, 0.2) is 16.6 Å². The van der Waals surface area contributed by atoms with Crippen LogP contribution in [0.2, 0.25) is 5.02 Å². The van der Waals surface area contributed by atoms with E-state index in [1.165, 1.54) is 12.1 Å². The van der Waals surface area contributed by atoms with Crippen LogP contribution in [-0.4, -0.2) is 0 Å². The highest BCUT2D eigenvalue weighted by Crippen LogP contribution is 2.34. The molecule has 0 amide bonds. The molecule has 0 saturated carbocycles. The number of rotatable bonds is 0. The molecule has 1 aromatic rings. The molecule has 4 heteroatoms. The van der Waals surface area contributed by atoms with Crippen LogP contribution in [0.4, 0.5) is 10.1 Å². The molecule has 0 heterocycles. The minimum atomic E-state index is -0.590. The Kier molecular flexibility index (Phi) is 2.48. The van der Waals surface area contributed by atoms with Gasteiger partial charge >= 0.3 is 0 Å². The van der Waals surface area contributed by atoms with Crippen LogP contribution in [0.5, 0.6) is 0 Å². The first kappa shape index (κ1) is 8.51. The van der Waals surface area contributed by atoms with Crippen molar-refractivity contribution in [3.63, 3.8) is 0 Å². The van der Waals surface area contributed by atoms with Gasteiger partial charge in [-0.05, 0) is 12.1 Å². The standard InChI is InChI=1S/C7H2BrClFN/c1-11-7-5(10)3-2-4(8)6(7)9/h2-3H. The molecule has 0 N–H and O–H groups in total. The second-order valence-corrected chi connectivity index (χ2v) is 3.04. The topological polar surface area (TPSA) is 4.36 Å². The molecule has 0 aliphatic carbocycles. The van der Waals surface area contributed by atoms with E-state index in [9.17, 15) is 4.39 Å². The summed E-state index contributed by atoms with van der Waals surface area (Å²) in [6, 6.07) is 2.66. The fourth-order valence-corrected chi connectivity index (χ4v) is 1.13. The first-order chi connectivity index (χ1) is 5.16. The Hall–Kier alpha value is -0.590. The molecule has 11 heavy (non-hydrogen) atoms. The quantitative estimate of drug-likeness (QED) is 0.475. The van der Waals surface area contributed by atoms with Crippen molar-refractivity contribution >= 4 is 33.2 Å². The summed E-state index contributed by atoms with van der Waals surface area (Å²) in [4.78, 5) is 2.94. The minimum absolute atomic E-state index is 0.125. The predicted octanol–water partition coefficient (Wildman–Crippen LogP) is 3.79. The second kappa shape index (κ2) is 3.21. The highest BCUT2D eigenvalue weighted by atomic mass is 79.9. The SMILES string of the molecule is [C-]#[N+]c1c(F)ccc(Br)c1Cl. The zero-order valence-corrected chi connectivity index (χ0v) is 7.58. The van der Waals surface area contributed by atoms with E-state index in [2.05, 4.69) is 20.8 Å². The van der Waals surface area contributed by atoms with E-state index >= 15 is 0 Å². The van der Waals surface area contributed by atoms with Crippen molar-refractivity contribution in [3.05, 3.63) is 38.9 Å². The first-order valence-electron chi connectivity index (χ1n) is 2.67. The van der Waals surface area contributed by atoms with Crippen molar-refractivity contribution in [2.24, 2.45) is 0 Å². The summed E-state index contributed by atoms with van der Waals surface area (Å²) in [6.45, 7) is 6.60. The van der Waals surface area contributed by atoms with E-state index in [-0.39, 0.29) is 10.7 Å². The minimum Gasteiger partial charge on any atom is -0.233 e. The van der Waals surface area contributed by atoms with Gasteiger partial charge in [0.1, 0.15) is 5.82 Å². The summed E-state index contributed by atoms with van der Waals surface area (Å²) in [6.07, 6.45) is 0. The molecule has 1 rings (SSSR count). The lowest BCUT2D eigenvalue weighted by Gasteiger charge is -1.98. The lowest BCUT2D eigenvalue weighted by molar-refractivity contribution is 0.633. The van der Waals surface area contributed by atoms with E-state index in [0.717, 1.165) is 0 Å². The van der Waals surface area contributed by atoms with Gasteiger partial charge in [-0.3, -0.25) is 0 Å². The molecule has 0 saturated heterocycles. The average molecular weight is 234 g/mol. The van der Waals surface area contributed by atoms with Gasteiger partial charge < -0.3 is 0 Å². The van der Waals surface area contributed by atoms with E-state index < -0.39 is 5.82 Å². The molecule has 0 atom stereocenters. The molecular weight excluding hydrogens is 232 g/mol. The van der Waals surface area contributed by atoms with Crippen LogP contribution in [0.25, 0.3) is 4.85 Å². The van der Waals surface area contributed by atoms with Crippen molar-refractivity contribution in [1.82, 2.24) is 0 Å². The molecule has 0 fully saturated rings. The maximum absolute atomic E-state index is 12.7. The Morgan fingerprint density at radius 2 is 2.18 bits per heavy atom. The molecule has 0 aliphatic heterocycles. The number of benzene rings is 1. The molecule has 1 aromatic carbocycles. The molecule has 1 nitrogen and oxygen atoms in total. The van der Waals surface area contributed by atoms with Crippen molar-refractivity contribution in [3.8, 4) is 0 Å². The summed E-state index contributed by atoms with van der Waals surface area (Å²) >= 11 is 8.68. The Bertz CT molecular complexity index is 332. The van der Waals surface area contributed by atoms with Gasteiger partial charge in [-0.1, -0.05) is 27.5 Å². The summed E-state index contributed by atoms with van der Waals surface area (Å²) in [5.41, 5.74) is -0.138. The summed E-state index contributed by atoms with van der Waals surface area (Å²) < 4.78 is 13.2. The third-order valence-electron chi connectivity index (χ3n) is 1.13. The van der Waals surface area contributed by atoms with Gasteiger partial charge in [-0.15, -0.1) is 0 Å². The van der Waals surface area contributed by atoms with Gasteiger partial charge in [0.25, 0.3) is 0 Å². The van der Waals surface area contributed by atoms with Gasteiger partial charge in [0.15, 0.2) is 0 Å². The number of nitrogens with zero attached hydrogens (tertiary/aromatic N) is 1. The first-order valence-corrected chi connectivity index (χ1v) is 3.85. The largest absolute Gasteiger partial charge is 0.241 e. The average Bonchev–Trinajstić information content (AvgIpc) is 1.99. The lowest BCUT2D eigenvalue weighted by Crippen LogP contribution is -1.76. The van der Waals surface area contributed by atoms with E-state index in [1.54, 1.807) is 0 Å². The van der Waals surface area contributed by atoms with E-state index in [1.807, 2.05) is 0 Å². The molecule has 0 radical (unpaired) electrons. The Morgan fingerprint density at radius 1 is 1.55 bits per heavy atom. The highest BCUT2D eigenvalue weighted by molar-refractivity contribution is 9.10. The number of hydrogen-bond donors (Lipinski definition) is 0. The molecule has 56 valence electrons. The van der Waals surface area contributed by atoms with Crippen LogP contribution in [0.1, 0.15) is 0 Å². The molecule has 0 aromatic heterocycles. The lowest BCUT2D eigenvalue weighted by atomic mass is 10.3. The monoisotopic (exact) mass is 233 g/mol. The highest BCUT2D eigenvalue weighted by Gasteiger charge is 2.09. The fraction of sp³-hybridized carbons (Fsp3) is 0. The Labute approximate surface area is 76.7 Å². The van der Waals surface area contributed by atoms with E-state index in [0.29, 0.717) is 4.47 Å². The van der Waals surface area contributed by atoms with Crippen molar-refractivity contribution in [2.75, 3.05) is 0 Å². The zero-order chi connectivity index (χ0) is 8.43. The Balaban J connectivity index is 3.44. The van der Waals surface area contributed by atoms with Crippen LogP contribution in [-0.2, 0) is 0 Å². The third kappa shape index (κ3) is 1.52. The van der Waals surface area contributed by atoms with Crippen molar-refractivity contribution in [2.45, 2.75) is 0 Å². The molecule has 0 spiro atoms. The van der Waals surface area contributed by atoms with Crippen LogP contribution in [0, 0.1) is 12.4 Å².